The highest BCUT2D eigenvalue weighted by atomic mass is 15.6. The van der Waals surface area contributed by atoms with E-state index in [-0.39, 0.29) is 0 Å². The Bertz CT molecular complexity index is 767. The van der Waals surface area contributed by atoms with Gasteiger partial charge in [-0.25, -0.2) is 0 Å². The second-order valence-corrected chi connectivity index (χ2v) is 5.23. The molecule has 0 bridgehead atoms. The number of tetrazole rings is 1. The lowest BCUT2D eigenvalue weighted by Gasteiger charge is -2.07. The lowest BCUT2D eigenvalue weighted by molar-refractivity contribution is -0.648. The maximum absolute atomic E-state index is 6.06. The topological polar surface area (TPSA) is 60.6 Å². The molecule has 2 N–H and O–H groups in total. The van der Waals surface area contributed by atoms with Crippen molar-refractivity contribution in [1.82, 2.24) is 15.1 Å². The van der Waals surface area contributed by atoms with Gasteiger partial charge in [-0.15, -0.1) is 0 Å². The van der Waals surface area contributed by atoms with Crippen LogP contribution in [-0.4, -0.2) is 15.1 Å². The molecule has 5 nitrogen and oxygen atoms in total. The van der Waals surface area contributed by atoms with Crippen LogP contribution in [0, 0.1) is 20.8 Å². The molecule has 0 saturated heterocycles. The van der Waals surface area contributed by atoms with Crippen molar-refractivity contribution in [1.29, 1.82) is 0 Å². The van der Waals surface area contributed by atoms with Crippen molar-refractivity contribution in [3.8, 4) is 11.4 Å². The minimum atomic E-state index is 0.369. The number of aryl methyl sites for hydroxylation is 3. The van der Waals surface area contributed by atoms with Crippen molar-refractivity contribution in [3.63, 3.8) is 0 Å². The summed E-state index contributed by atoms with van der Waals surface area (Å²) < 4.78 is 1.69. The zero-order chi connectivity index (χ0) is 15.0. The van der Waals surface area contributed by atoms with Crippen molar-refractivity contribution in [2.45, 2.75) is 20.8 Å². The van der Waals surface area contributed by atoms with E-state index >= 15 is 0 Å². The smallest absolute Gasteiger partial charge is 0.303 e. The lowest BCUT2D eigenvalue weighted by atomic mass is 10.1. The number of hydrogen-bond donors (Lipinski definition) is 1. The van der Waals surface area contributed by atoms with Gasteiger partial charge < -0.3 is 5.73 Å². The van der Waals surface area contributed by atoms with E-state index < -0.39 is 0 Å². The fourth-order valence-electron chi connectivity index (χ4n) is 2.63. The summed E-state index contributed by atoms with van der Waals surface area (Å²) in [5.74, 6) is 0.369. The molecule has 0 saturated carbocycles. The largest absolute Gasteiger partial charge is 0.401 e. The van der Waals surface area contributed by atoms with E-state index in [4.69, 9.17) is 5.73 Å². The van der Waals surface area contributed by atoms with Gasteiger partial charge in [0.1, 0.15) is 11.4 Å². The SMILES string of the molecule is Cc1cc(C)c(-[n+]2nn(-c3ccccc3)nc2N)c(C)c1. The van der Waals surface area contributed by atoms with Crippen molar-refractivity contribution < 1.29 is 4.68 Å². The first kappa shape index (κ1) is 13.3. The van der Waals surface area contributed by atoms with Crippen LogP contribution in [0.1, 0.15) is 16.7 Å². The van der Waals surface area contributed by atoms with Crippen molar-refractivity contribution in [2.75, 3.05) is 5.73 Å². The third kappa shape index (κ3) is 2.38. The molecule has 0 unspecified atom stereocenters. The number of hydrogen-bond acceptors (Lipinski definition) is 3. The van der Waals surface area contributed by atoms with E-state index in [9.17, 15) is 0 Å². The van der Waals surface area contributed by atoms with Crippen LogP contribution in [0.15, 0.2) is 42.5 Å². The number of nitrogens with zero attached hydrogens (tertiary/aromatic N) is 4. The Kier molecular flexibility index (Phi) is 3.17. The summed E-state index contributed by atoms with van der Waals surface area (Å²) in [4.78, 5) is 1.55. The van der Waals surface area contributed by atoms with Crippen molar-refractivity contribution in [3.05, 3.63) is 59.2 Å². The molecule has 5 heteroatoms. The maximum atomic E-state index is 6.06. The molecule has 2 aromatic carbocycles. The molecule has 0 amide bonds. The number of nitrogen functional groups attached to an aromatic ring is 1. The number of rotatable bonds is 2. The summed E-state index contributed by atoms with van der Waals surface area (Å²) in [6.45, 7) is 6.20. The first-order valence-electron chi connectivity index (χ1n) is 6.85. The highest BCUT2D eigenvalue weighted by Crippen LogP contribution is 2.16. The fourth-order valence-corrected chi connectivity index (χ4v) is 2.63. The summed E-state index contributed by atoms with van der Waals surface area (Å²) in [5.41, 5.74) is 11.4. The van der Waals surface area contributed by atoms with Crippen molar-refractivity contribution >= 4 is 5.95 Å². The molecule has 3 rings (SSSR count). The second kappa shape index (κ2) is 5.01. The van der Waals surface area contributed by atoms with Gasteiger partial charge >= 0.3 is 5.95 Å². The molecule has 106 valence electrons. The van der Waals surface area contributed by atoms with E-state index in [2.05, 4.69) is 43.2 Å². The van der Waals surface area contributed by atoms with Gasteiger partial charge in [-0.3, -0.25) is 0 Å². The molecule has 1 heterocycles. The minimum Gasteiger partial charge on any atom is -0.303 e. The third-order valence-electron chi connectivity index (χ3n) is 3.42. The van der Waals surface area contributed by atoms with Crippen LogP contribution in [0.5, 0.6) is 0 Å². The van der Waals surface area contributed by atoms with Crippen LogP contribution in [0.4, 0.5) is 5.95 Å². The zero-order valence-corrected chi connectivity index (χ0v) is 12.4. The molecule has 0 radical (unpaired) electrons. The fraction of sp³-hybridized carbons (Fsp3) is 0.188. The molecule has 0 spiro atoms. The number of nitrogens with two attached hydrogens (primary N) is 1. The molecule has 0 fully saturated rings. The van der Waals surface area contributed by atoms with Crippen LogP contribution in [0.3, 0.4) is 0 Å². The van der Waals surface area contributed by atoms with E-state index in [0.29, 0.717) is 5.95 Å². The molecule has 21 heavy (non-hydrogen) atoms. The molecule has 0 aliphatic rings. The standard InChI is InChI=1S/C16H18N5/c1-11-9-12(2)15(13(3)10-11)20-16(17)18-21(19-20)14-7-5-4-6-8-14/h4-10H,1-3H3,(H2,17,18,19)/q+1. The molecule has 1 aromatic heterocycles. The van der Waals surface area contributed by atoms with Gasteiger partial charge in [-0.05, 0) is 48.8 Å². The van der Waals surface area contributed by atoms with Gasteiger partial charge in [-0.1, -0.05) is 40.6 Å². The quantitative estimate of drug-likeness (QED) is 0.731. The average molecular weight is 280 g/mol. The Morgan fingerprint density at radius 3 is 2.24 bits per heavy atom. The molecule has 0 aliphatic carbocycles. The van der Waals surface area contributed by atoms with E-state index in [1.54, 1.807) is 9.48 Å². The summed E-state index contributed by atoms with van der Waals surface area (Å²) in [6, 6.07) is 14.0. The zero-order valence-electron chi connectivity index (χ0n) is 12.4. The average Bonchev–Trinajstić information content (AvgIpc) is 2.81. The van der Waals surface area contributed by atoms with Gasteiger partial charge in [0.2, 0.25) is 0 Å². The Morgan fingerprint density at radius 2 is 1.62 bits per heavy atom. The van der Waals surface area contributed by atoms with Gasteiger partial charge in [0.25, 0.3) is 0 Å². The number of aromatic nitrogens is 4. The summed E-state index contributed by atoms with van der Waals surface area (Å²) in [7, 11) is 0. The number of benzene rings is 2. The van der Waals surface area contributed by atoms with Crippen LogP contribution in [0.2, 0.25) is 0 Å². The normalized spacial score (nSPS) is 10.8. The highest BCUT2D eigenvalue weighted by Gasteiger charge is 2.20. The lowest BCUT2D eigenvalue weighted by Crippen LogP contribution is -2.38. The first-order valence-corrected chi connectivity index (χ1v) is 6.85. The Balaban J connectivity index is 2.15. The third-order valence-corrected chi connectivity index (χ3v) is 3.42. The van der Waals surface area contributed by atoms with Crippen LogP contribution < -0.4 is 10.4 Å². The minimum absolute atomic E-state index is 0.369. The Labute approximate surface area is 123 Å². The van der Waals surface area contributed by atoms with E-state index in [1.807, 2.05) is 30.3 Å². The highest BCUT2D eigenvalue weighted by molar-refractivity contribution is 5.43. The number of para-hydroxylation sites is 1. The number of anilines is 1. The van der Waals surface area contributed by atoms with Crippen LogP contribution in [0.25, 0.3) is 11.4 Å². The Morgan fingerprint density at radius 1 is 1.00 bits per heavy atom. The van der Waals surface area contributed by atoms with Gasteiger partial charge in [0.05, 0.1) is 5.10 Å². The summed E-state index contributed by atoms with van der Waals surface area (Å²) in [5, 5.41) is 8.81. The van der Waals surface area contributed by atoms with Crippen LogP contribution >= 0.6 is 0 Å². The Hall–Kier alpha value is -2.69. The molecule has 0 aliphatic heterocycles. The predicted molar refractivity (Wildman–Crippen MR) is 81.5 cm³/mol. The van der Waals surface area contributed by atoms with Gasteiger partial charge in [-0.2, -0.15) is 0 Å². The monoisotopic (exact) mass is 280 g/mol. The maximum Gasteiger partial charge on any atom is 0.401 e. The van der Waals surface area contributed by atoms with Crippen LogP contribution in [-0.2, 0) is 0 Å². The first-order chi connectivity index (χ1) is 10.1. The molecular weight excluding hydrogens is 262 g/mol. The second-order valence-electron chi connectivity index (χ2n) is 5.23. The van der Waals surface area contributed by atoms with E-state index in [1.165, 1.54) is 5.56 Å². The van der Waals surface area contributed by atoms with Gasteiger partial charge in [0.15, 0.2) is 0 Å². The van der Waals surface area contributed by atoms with Gasteiger partial charge in [0, 0.05) is 5.21 Å². The molecular formula is C16H18N5+. The molecule has 0 atom stereocenters. The predicted octanol–water partition coefficient (Wildman–Crippen LogP) is 2.05. The van der Waals surface area contributed by atoms with E-state index in [0.717, 1.165) is 22.5 Å². The van der Waals surface area contributed by atoms with Crippen molar-refractivity contribution in [2.24, 2.45) is 0 Å². The summed E-state index contributed by atoms with van der Waals surface area (Å²) in [6.07, 6.45) is 0. The molecule has 3 aromatic rings. The summed E-state index contributed by atoms with van der Waals surface area (Å²) >= 11 is 0.